The molecule has 0 aliphatic carbocycles. The summed E-state index contributed by atoms with van der Waals surface area (Å²) in [5.41, 5.74) is 1.59. The first-order valence-electron chi connectivity index (χ1n) is 5.42. The number of aromatic nitrogens is 1. The quantitative estimate of drug-likeness (QED) is 0.741. The van der Waals surface area contributed by atoms with Crippen LogP contribution in [0.1, 0.15) is 11.1 Å². The molecule has 0 aliphatic heterocycles. The number of H-pyrrole nitrogens is 1. The summed E-state index contributed by atoms with van der Waals surface area (Å²) < 4.78 is 0. The SMILES string of the molecule is N=Cc1c(NCc2ccccc2Cl)cc[nH]c1=O. The largest absolute Gasteiger partial charge is 0.380 e. The fourth-order valence-corrected chi connectivity index (χ4v) is 1.82. The van der Waals surface area contributed by atoms with Gasteiger partial charge in [-0.1, -0.05) is 29.8 Å². The van der Waals surface area contributed by atoms with E-state index in [1.54, 1.807) is 12.3 Å². The second-order valence-corrected chi connectivity index (χ2v) is 4.13. The molecule has 0 unspecified atom stereocenters. The van der Waals surface area contributed by atoms with Crippen molar-refractivity contribution in [1.82, 2.24) is 4.98 Å². The summed E-state index contributed by atoms with van der Waals surface area (Å²) in [6.45, 7) is 0.504. The van der Waals surface area contributed by atoms with E-state index < -0.39 is 0 Å². The van der Waals surface area contributed by atoms with Crippen molar-refractivity contribution in [2.75, 3.05) is 5.32 Å². The van der Waals surface area contributed by atoms with Gasteiger partial charge in [-0.05, 0) is 17.7 Å². The Labute approximate surface area is 109 Å². The Morgan fingerprint density at radius 3 is 2.83 bits per heavy atom. The molecule has 18 heavy (non-hydrogen) atoms. The molecule has 4 nitrogen and oxygen atoms in total. The van der Waals surface area contributed by atoms with Crippen molar-refractivity contribution in [3.63, 3.8) is 0 Å². The molecule has 5 heteroatoms. The molecule has 0 atom stereocenters. The number of hydrogen-bond donors (Lipinski definition) is 3. The fraction of sp³-hybridized carbons (Fsp3) is 0.0769. The van der Waals surface area contributed by atoms with Crippen LogP contribution in [0.15, 0.2) is 41.3 Å². The molecular formula is C13H12ClN3O. The van der Waals surface area contributed by atoms with Gasteiger partial charge >= 0.3 is 0 Å². The number of aromatic amines is 1. The van der Waals surface area contributed by atoms with Crippen molar-refractivity contribution >= 4 is 23.5 Å². The molecule has 0 bridgehead atoms. The van der Waals surface area contributed by atoms with Crippen molar-refractivity contribution in [3.8, 4) is 0 Å². The van der Waals surface area contributed by atoms with Gasteiger partial charge in [-0.25, -0.2) is 0 Å². The van der Waals surface area contributed by atoms with Gasteiger partial charge in [-0.2, -0.15) is 0 Å². The molecule has 0 saturated heterocycles. The highest BCUT2D eigenvalue weighted by Gasteiger charge is 2.04. The predicted octanol–water partition coefficient (Wildman–Crippen LogP) is 2.64. The number of hydrogen-bond acceptors (Lipinski definition) is 3. The van der Waals surface area contributed by atoms with Crippen LogP contribution in [0.4, 0.5) is 5.69 Å². The van der Waals surface area contributed by atoms with Crippen LogP contribution in [0, 0.1) is 5.41 Å². The normalized spacial score (nSPS) is 10.1. The Bertz CT molecular complexity index is 622. The van der Waals surface area contributed by atoms with Crippen LogP contribution in [0.25, 0.3) is 0 Å². The third-order valence-electron chi connectivity index (χ3n) is 2.57. The van der Waals surface area contributed by atoms with Crippen molar-refractivity contribution in [1.29, 1.82) is 5.41 Å². The summed E-state index contributed by atoms with van der Waals surface area (Å²) in [7, 11) is 0. The van der Waals surface area contributed by atoms with Crippen molar-refractivity contribution in [2.24, 2.45) is 0 Å². The van der Waals surface area contributed by atoms with Gasteiger partial charge in [0.2, 0.25) is 0 Å². The molecule has 2 aromatic rings. The van der Waals surface area contributed by atoms with E-state index in [9.17, 15) is 4.79 Å². The Hall–Kier alpha value is -2.07. The van der Waals surface area contributed by atoms with Gasteiger partial charge in [0.15, 0.2) is 0 Å². The number of benzene rings is 1. The summed E-state index contributed by atoms with van der Waals surface area (Å²) in [5, 5.41) is 11.0. The van der Waals surface area contributed by atoms with Gasteiger partial charge in [-0.3, -0.25) is 4.79 Å². The summed E-state index contributed by atoms with van der Waals surface area (Å²) >= 11 is 6.04. The summed E-state index contributed by atoms with van der Waals surface area (Å²) in [4.78, 5) is 14.0. The third kappa shape index (κ3) is 2.60. The maximum atomic E-state index is 11.5. The van der Waals surface area contributed by atoms with E-state index in [1.807, 2.05) is 24.3 Å². The van der Waals surface area contributed by atoms with Crippen LogP contribution in [-0.4, -0.2) is 11.2 Å². The van der Waals surface area contributed by atoms with Gasteiger partial charge in [0.1, 0.15) is 0 Å². The zero-order valence-corrected chi connectivity index (χ0v) is 10.3. The zero-order valence-electron chi connectivity index (χ0n) is 9.53. The van der Waals surface area contributed by atoms with Crippen LogP contribution in [0.2, 0.25) is 5.02 Å². The molecule has 0 fully saturated rings. The Balaban J connectivity index is 2.21. The van der Waals surface area contributed by atoms with Crippen molar-refractivity contribution in [2.45, 2.75) is 6.54 Å². The minimum Gasteiger partial charge on any atom is -0.380 e. The minimum absolute atomic E-state index is 0.283. The molecule has 3 N–H and O–H groups in total. The highest BCUT2D eigenvalue weighted by atomic mass is 35.5. The van der Waals surface area contributed by atoms with E-state index in [0.717, 1.165) is 11.8 Å². The van der Waals surface area contributed by atoms with E-state index in [0.29, 0.717) is 22.8 Å². The van der Waals surface area contributed by atoms with E-state index in [4.69, 9.17) is 17.0 Å². The van der Waals surface area contributed by atoms with E-state index in [-0.39, 0.29) is 5.56 Å². The lowest BCUT2D eigenvalue weighted by molar-refractivity contribution is 1.13. The van der Waals surface area contributed by atoms with Gasteiger partial charge in [0, 0.05) is 24.0 Å². The minimum atomic E-state index is -0.283. The number of pyridine rings is 1. The monoisotopic (exact) mass is 261 g/mol. The highest BCUT2D eigenvalue weighted by Crippen LogP contribution is 2.17. The molecule has 0 aliphatic rings. The summed E-state index contributed by atoms with van der Waals surface area (Å²) in [6, 6.07) is 9.21. The lowest BCUT2D eigenvalue weighted by Crippen LogP contribution is -2.15. The van der Waals surface area contributed by atoms with Crippen LogP contribution in [0.3, 0.4) is 0 Å². The van der Waals surface area contributed by atoms with Crippen LogP contribution < -0.4 is 10.9 Å². The lowest BCUT2D eigenvalue weighted by atomic mass is 10.2. The lowest BCUT2D eigenvalue weighted by Gasteiger charge is -2.09. The van der Waals surface area contributed by atoms with Crippen molar-refractivity contribution < 1.29 is 0 Å². The first-order chi connectivity index (χ1) is 8.72. The second kappa shape index (κ2) is 5.51. The smallest absolute Gasteiger partial charge is 0.258 e. The van der Waals surface area contributed by atoms with Crippen molar-refractivity contribution in [3.05, 3.63) is 63.0 Å². The van der Waals surface area contributed by atoms with Gasteiger partial charge < -0.3 is 15.7 Å². The molecule has 0 radical (unpaired) electrons. The Morgan fingerprint density at radius 2 is 2.11 bits per heavy atom. The van der Waals surface area contributed by atoms with Gasteiger partial charge in [0.25, 0.3) is 5.56 Å². The van der Waals surface area contributed by atoms with E-state index in [2.05, 4.69) is 10.3 Å². The summed E-state index contributed by atoms with van der Waals surface area (Å²) in [6.07, 6.45) is 2.58. The average Bonchev–Trinajstić information content (AvgIpc) is 2.38. The molecular weight excluding hydrogens is 250 g/mol. The fourth-order valence-electron chi connectivity index (χ4n) is 1.62. The second-order valence-electron chi connectivity index (χ2n) is 3.72. The van der Waals surface area contributed by atoms with Crippen LogP contribution in [-0.2, 0) is 6.54 Å². The molecule has 1 aromatic heterocycles. The average molecular weight is 262 g/mol. The number of nitrogens with one attached hydrogen (secondary N) is 3. The highest BCUT2D eigenvalue weighted by molar-refractivity contribution is 6.31. The molecule has 1 heterocycles. The van der Waals surface area contributed by atoms with Crippen LogP contribution >= 0.6 is 11.6 Å². The molecule has 0 amide bonds. The Morgan fingerprint density at radius 1 is 1.33 bits per heavy atom. The number of anilines is 1. The molecule has 1 aromatic carbocycles. The Kier molecular flexibility index (Phi) is 3.79. The topological polar surface area (TPSA) is 68.7 Å². The van der Waals surface area contributed by atoms with Gasteiger partial charge in [0.05, 0.1) is 11.3 Å². The molecule has 92 valence electrons. The van der Waals surface area contributed by atoms with Gasteiger partial charge in [-0.15, -0.1) is 0 Å². The molecule has 0 spiro atoms. The van der Waals surface area contributed by atoms with E-state index >= 15 is 0 Å². The predicted molar refractivity (Wildman–Crippen MR) is 73.7 cm³/mol. The third-order valence-corrected chi connectivity index (χ3v) is 2.94. The summed E-state index contributed by atoms with van der Waals surface area (Å²) in [5.74, 6) is 0. The molecule has 2 rings (SSSR count). The maximum Gasteiger partial charge on any atom is 0.258 e. The zero-order chi connectivity index (χ0) is 13.0. The first kappa shape index (κ1) is 12.4. The number of rotatable bonds is 4. The maximum absolute atomic E-state index is 11.5. The van der Waals surface area contributed by atoms with Crippen LogP contribution in [0.5, 0.6) is 0 Å². The first-order valence-corrected chi connectivity index (χ1v) is 5.79. The number of halogens is 1. The standard InChI is InChI=1S/C13H12ClN3O/c14-11-4-2-1-3-9(11)8-17-12-5-6-16-13(18)10(12)7-15/h1-7,15H,8H2,(H2,16,17,18). The van der Waals surface area contributed by atoms with E-state index in [1.165, 1.54) is 0 Å². The molecule has 0 saturated carbocycles.